The fourth-order valence-corrected chi connectivity index (χ4v) is 7.11. The standard InChI is InChI=1S/C36H46N4O4/c1-35(2,3)44-34(42)38-20-21-39(29(24-38)22-26-12-6-4-7-13-26)33(41)31-32(28-14-8-5-9-15-28)40(25-37-31)30-16-10-11-19-36(30,43)23-27-17-18-27/h4-9,12-15,25,27,29-30,43H,10-11,16-24H2,1-3H3/t29-,30-,36-/m1/s1. The molecule has 0 spiro atoms. The number of imidazole rings is 1. The van der Waals surface area contributed by atoms with Gasteiger partial charge in [0.25, 0.3) is 5.91 Å². The van der Waals surface area contributed by atoms with Crippen molar-refractivity contribution >= 4 is 12.0 Å². The molecule has 1 aliphatic heterocycles. The largest absolute Gasteiger partial charge is 0.444 e. The van der Waals surface area contributed by atoms with Crippen molar-refractivity contribution in [2.75, 3.05) is 19.6 Å². The summed E-state index contributed by atoms with van der Waals surface area (Å²) in [6.45, 7) is 6.74. The molecule has 2 heterocycles. The van der Waals surface area contributed by atoms with Gasteiger partial charge in [-0.05, 0) is 57.9 Å². The molecule has 44 heavy (non-hydrogen) atoms. The number of carbonyl (C=O) groups excluding carboxylic acids is 2. The molecule has 8 nitrogen and oxygen atoms in total. The van der Waals surface area contributed by atoms with Gasteiger partial charge in [0.15, 0.2) is 5.69 Å². The van der Waals surface area contributed by atoms with Crippen molar-refractivity contribution in [2.45, 2.75) is 95.4 Å². The number of hydrogen-bond donors (Lipinski definition) is 1. The summed E-state index contributed by atoms with van der Waals surface area (Å²) in [6, 6.07) is 19.7. The van der Waals surface area contributed by atoms with Crippen LogP contribution in [0, 0.1) is 5.92 Å². The van der Waals surface area contributed by atoms with E-state index in [1.807, 2.05) is 74.2 Å². The van der Waals surface area contributed by atoms with Gasteiger partial charge in [-0.1, -0.05) is 86.3 Å². The Morgan fingerprint density at radius 1 is 0.977 bits per heavy atom. The third kappa shape index (κ3) is 6.70. The van der Waals surface area contributed by atoms with Crippen LogP contribution in [0.5, 0.6) is 0 Å². The van der Waals surface area contributed by atoms with Gasteiger partial charge in [0, 0.05) is 25.2 Å². The fourth-order valence-electron chi connectivity index (χ4n) is 7.11. The molecule has 0 unspecified atom stereocenters. The average molecular weight is 599 g/mol. The summed E-state index contributed by atoms with van der Waals surface area (Å²) in [5.41, 5.74) is 1.78. The number of benzene rings is 2. The SMILES string of the molecule is CC(C)(C)OC(=O)N1CCN(C(=O)c2ncn([C@@H]3CCCC[C@@]3(O)CC3CC3)c2-c2ccccc2)[C@H](Cc2ccccc2)C1. The molecule has 3 aliphatic rings. The van der Waals surface area contributed by atoms with Crippen LogP contribution in [0.1, 0.15) is 87.8 Å². The van der Waals surface area contributed by atoms with E-state index in [4.69, 9.17) is 9.72 Å². The molecule has 2 aliphatic carbocycles. The average Bonchev–Trinajstić information content (AvgIpc) is 3.70. The molecule has 8 heteroatoms. The van der Waals surface area contributed by atoms with Crippen molar-refractivity contribution < 1.29 is 19.4 Å². The van der Waals surface area contributed by atoms with E-state index >= 15 is 0 Å². The van der Waals surface area contributed by atoms with E-state index in [9.17, 15) is 14.7 Å². The number of rotatable bonds is 7. The zero-order chi connectivity index (χ0) is 30.9. The van der Waals surface area contributed by atoms with Gasteiger partial charge < -0.3 is 24.2 Å². The third-order valence-electron chi connectivity index (χ3n) is 9.39. The molecular weight excluding hydrogens is 552 g/mol. The number of piperazine rings is 1. The van der Waals surface area contributed by atoms with Crippen molar-refractivity contribution in [3.8, 4) is 11.3 Å². The molecule has 0 bridgehead atoms. The monoisotopic (exact) mass is 598 g/mol. The second-order valence-corrected chi connectivity index (χ2v) is 14.0. The van der Waals surface area contributed by atoms with Gasteiger partial charge >= 0.3 is 6.09 Å². The number of amides is 2. The maximum atomic E-state index is 14.6. The number of aromatic nitrogens is 2. The molecule has 1 saturated heterocycles. The Morgan fingerprint density at radius 2 is 1.68 bits per heavy atom. The summed E-state index contributed by atoms with van der Waals surface area (Å²) < 4.78 is 7.80. The van der Waals surface area contributed by atoms with Crippen molar-refractivity contribution in [1.82, 2.24) is 19.4 Å². The Hall–Kier alpha value is -3.65. The Kier molecular flexibility index (Phi) is 8.55. The maximum Gasteiger partial charge on any atom is 0.410 e. The van der Waals surface area contributed by atoms with Crippen molar-refractivity contribution in [3.05, 3.63) is 78.2 Å². The lowest BCUT2D eigenvalue weighted by Gasteiger charge is -2.42. The van der Waals surface area contributed by atoms with Gasteiger partial charge in [-0.2, -0.15) is 0 Å². The topological polar surface area (TPSA) is 87.9 Å². The molecule has 2 aromatic carbocycles. The first-order chi connectivity index (χ1) is 21.1. The van der Waals surface area contributed by atoms with Crippen LogP contribution in [0.4, 0.5) is 4.79 Å². The molecule has 3 aromatic rings. The molecule has 2 amide bonds. The lowest BCUT2D eigenvalue weighted by Crippen LogP contribution is -2.58. The normalized spacial score (nSPS) is 24.3. The molecule has 234 valence electrons. The second kappa shape index (κ2) is 12.4. The van der Waals surface area contributed by atoms with Gasteiger partial charge in [-0.3, -0.25) is 4.79 Å². The van der Waals surface area contributed by atoms with Crippen LogP contribution in [0.15, 0.2) is 67.0 Å². The van der Waals surface area contributed by atoms with Crippen LogP contribution in [-0.2, 0) is 11.2 Å². The molecule has 1 N–H and O–H groups in total. The minimum Gasteiger partial charge on any atom is -0.444 e. The zero-order valence-corrected chi connectivity index (χ0v) is 26.3. The van der Waals surface area contributed by atoms with E-state index < -0.39 is 11.2 Å². The van der Waals surface area contributed by atoms with Crippen LogP contribution in [0.25, 0.3) is 11.3 Å². The molecule has 2 saturated carbocycles. The number of ether oxygens (including phenoxy) is 1. The van der Waals surface area contributed by atoms with E-state index in [-0.39, 0.29) is 24.1 Å². The zero-order valence-electron chi connectivity index (χ0n) is 26.3. The van der Waals surface area contributed by atoms with Gasteiger partial charge in [-0.15, -0.1) is 0 Å². The summed E-state index contributed by atoms with van der Waals surface area (Å²) in [6.07, 6.45) is 8.90. The fraction of sp³-hybridized carbons (Fsp3) is 0.528. The number of nitrogens with zero attached hydrogens (tertiary/aromatic N) is 4. The summed E-state index contributed by atoms with van der Waals surface area (Å²) in [5, 5.41) is 12.0. The van der Waals surface area contributed by atoms with E-state index in [0.29, 0.717) is 37.7 Å². The van der Waals surface area contributed by atoms with E-state index in [1.165, 1.54) is 12.8 Å². The lowest BCUT2D eigenvalue weighted by atomic mass is 9.76. The second-order valence-electron chi connectivity index (χ2n) is 14.0. The molecule has 3 fully saturated rings. The lowest BCUT2D eigenvalue weighted by molar-refractivity contribution is -0.0518. The highest BCUT2D eigenvalue weighted by molar-refractivity contribution is 5.98. The van der Waals surface area contributed by atoms with Crippen LogP contribution in [0.2, 0.25) is 0 Å². The van der Waals surface area contributed by atoms with Crippen molar-refractivity contribution in [2.24, 2.45) is 5.92 Å². The van der Waals surface area contributed by atoms with Gasteiger partial charge in [-0.25, -0.2) is 9.78 Å². The minimum atomic E-state index is -0.807. The van der Waals surface area contributed by atoms with Gasteiger partial charge in [0.2, 0.25) is 0 Å². The summed E-state index contributed by atoms with van der Waals surface area (Å²) >= 11 is 0. The third-order valence-corrected chi connectivity index (χ3v) is 9.39. The minimum absolute atomic E-state index is 0.134. The van der Waals surface area contributed by atoms with Crippen molar-refractivity contribution in [3.63, 3.8) is 0 Å². The van der Waals surface area contributed by atoms with Crippen LogP contribution in [-0.4, -0.2) is 73.3 Å². The maximum absolute atomic E-state index is 14.6. The Balaban J connectivity index is 1.35. The molecule has 0 radical (unpaired) electrons. The number of carbonyl (C=O) groups is 2. The van der Waals surface area contributed by atoms with E-state index in [1.54, 1.807) is 11.2 Å². The number of aliphatic hydroxyl groups is 1. The summed E-state index contributed by atoms with van der Waals surface area (Å²) in [7, 11) is 0. The quantitative estimate of drug-likeness (QED) is 0.336. The highest BCUT2D eigenvalue weighted by Crippen LogP contribution is 2.48. The van der Waals surface area contributed by atoms with Crippen LogP contribution < -0.4 is 0 Å². The van der Waals surface area contributed by atoms with E-state index in [2.05, 4.69) is 16.7 Å². The Morgan fingerprint density at radius 3 is 2.36 bits per heavy atom. The van der Waals surface area contributed by atoms with Gasteiger partial charge in [0.05, 0.1) is 29.7 Å². The summed E-state index contributed by atoms with van der Waals surface area (Å²) in [4.78, 5) is 36.1. The van der Waals surface area contributed by atoms with Gasteiger partial charge in [0.1, 0.15) is 5.60 Å². The first kappa shape index (κ1) is 30.4. The van der Waals surface area contributed by atoms with Crippen molar-refractivity contribution in [1.29, 1.82) is 0 Å². The predicted molar refractivity (Wildman–Crippen MR) is 170 cm³/mol. The highest BCUT2D eigenvalue weighted by atomic mass is 16.6. The Bertz CT molecular complexity index is 1450. The molecular formula is C36H46N4O4. The van der Waals surface area contributed by atoms with Crippen LogP contribution >= 0.6 is 0 Å². The Labute approximate surface area is 261 Å². The number of hydrogen-bond acceptors (Lipinski definition) is 5. The van der Waals surface area contributed by atoms with E-state index in [0.717, 1.165) is 48.9 Å². The molecule has 6 rings (SSSR count). The predicted octanol–water partition coefficient (Wildman–Crippen LogP) is 6.50. The first-order valence-electron chi connectivity index (χ1n) is 16.3. The highest BCUT2D eigenvalue weighted by Gasteiger charge is 2.45. The van der Waals surface area contributed by atoms with Crippen LogP contribution in [0.3, 0.4) is 0 Å². The molecule has 1 aromatic heterocycles. The molecule has 3 atom stereocenters. The smallest absolute Gasteiger partial charge is 0.410 e. The first-order valence-corrected chi connectivity index (χ1v) is 16.3. The summed E-state index contributed by atoms with van der Waals surface area (Å²) in [5.74, 6) is 0.444.